The van der Waals surface area contributed by atoms with Gasteiger partial charge in [0.05, 0.1) is 0 Å². The molecule has 1 aromatic carbocycles. The summed E-state index contributed by atoms with van der Waals surface area (Å²) in [6, 6.07) is 9.48. The van der Waals surface area contributed by atoms with E-state index in [-0.39, 0.29) is 0 Å². The van der Waals surface area contributed by atoms with Gasteiger partial charge < -0.3 is 4.29 Å². The highest BCUT2D eigenvalue weighted by Gasteiger charge is 1.79. The largest absolute Gasteiger partial charge is 0.332 e. The van der Waals surface area contributed by atoms with Crippen LogP contribution in [0, 0.1) is 12.0 Å². The van der Waals surface area contributed by atoms with Gasteiger partial charge in [-0.05, 0) is 18.1 Å². The molecule has 2 heteroatoms. The first-order valence-corrected chi connectivity index (χ1v) is 3.08. The molecule has 0 unspecified atom stereocenters. The highest BCUT2D eigenvalue weighted by molar-refractivity contribution is 6.08. The molecule has 0 aliphatic carbocycles. The second-order valence-corrected chi connectivity index (χ2v) is 1.82. The van der Waals surface area contributed by atoms with Gasteiger partial charge in [-0.25, -0.2) is 0 Å². The molecule has 1 aromatic rings. The van der Waals surface area contributed by atoms with E-state index in [2.05, 4.69) is 16.3 Å². The molecular weight excluding hydrogens is 148 g/mol. The Bertz CT molecular complexity index is 245. The summed E-state index contributed by atoms with van der Waals surface area (Å²) in [6.45, 7) is 0. The Morgan fingerprint density at radius 3 is 2.50 bits per heavy atom. The molecule has 0 saturated heterocycles. The van der Waals surface area contributed by atoms with Crippen molar-refractivity contribution in [3.05, 3.63) is 35.9 Å². The number of hydrogen-bond donors (Lipinski definition) is 0. The lowest BCUT2D eigenvalue weighted by atomic mass is 10.2. The summed E-state index contributed by atoms with van der Waals surface area (Å²) in [4.78, 5) is 0. The Morgan fingerprint density at radius 2 is 1.90 bits per heavy atom. The fraction of sp³-hybridized carbons (Fsp3) is 0. The average molecular weight is 153 g/mol. The van der Waals surface area contributed by atoms with E-state index in [0.717, 1.165) is 5.56 Å². The Balaban J connectivity index is 2.76. The number of benzene rings is 1. The molecule has 0 aromatic heterocycles. The predicted octanol–water partition coefficient (Wildman–Crippen LogP) is 2.17. The van der Waals surface area contributed by atoms with Gasteiger partial charge in [0.15, 0.2) is 0 Å². The number of hydrogen-bond acceptors (Lipinski definition) is 1. The first-order chi connectivity index (χ1) is 4.93. The van der Waals surface area contributed by atoms with E-state index in [1.165, 1.54) is 0 Å². The van der Waals surface area contributed by atoms with Gasteiger partial charge in [0, 0.05) is 5.56 Å². The molecule has 0 radical (unpaired) electrons. The first-order valence-electron chi connectivity index (χ1n) is 2.77. The maximum atomic E-state index is 4.88. The molecule has 0 aliphatic rings. The third-order valence-corrected chi connectivity index (χ3v) is 1.08. The van der Waals surface area contributed by atoms with Crippen LogP contribution in [0.25, 0.3) is 0 Å². The minimum Gasteiger partial charge on any atom is -0.332 e. The summed E-state index contributed by atoms with van der Waals surface area (Å²) >= 11 is 4.88. The molecule has 0 spiro atoms. The Morgan fingerprint density at radius 1 is 1.20 bits per heavy atom. The fourth-order valence-electron chi connectivity index (χ4n) is 0.600. The Hall–Kier alpha value is -1.13. The Kier molecular flexibility index (Phi) is 2.66. The van der Waals surface area contributed by atoms with Crippen LogP contribution in [0.15, 0.2) is 30.3 Å². The molecule has 0 saturated carbocycles. The second kappa shape index (κ2) is 3.81. The summed E-state index contributed by atoms with van der Waals surface area (Å²) < 4.78 is 4.06. The molecule has 0 amide bonds. The average Bonchev–Trinajstić information content (AvgIpc) is 2.03. The van der Waals surface area contributed by atoms with Crippen molar-refractivity contribution < 1.29 is 4.29 Å². The van der Waals surface area contributed by atoms with Gasteiger partial charge in [-0.15, -0.1) is 0 Å². The molecule has 50 valence electrons. The van der Waals surface area contributed by atoms with Crippen molar-refractivity contribution in [1.29, 1.82) is 0 Å². The van der Waals surface area contributed by atoms with E-state index in [0.29, 0.717) is 0 Å². The first kappa shape index (κ1) is 6.98. The highest BCUT2D eigenvalue weighted by Crippen LogP contribution is 1.94. The molecule has 0 fully saturated rings. The van der Waals surface area contributed by atoms with E-state index in [1.807, 2.05) is 30.3 Å². The molecule has 0 bridgehead atoms. The standard InChI is InChI=1S/C8H5ClO/c9-10-7-6-8-4-2-1-3-5-8/h1-5H. The third kappa shape index (κ3) is 2.00. The van der Waals surface area contributed by atoms with Crippen LogP contribution < -0.4 is 0 Å². The fourth-order valence-corrected chi connectivity index (χ4v) is 0.638. The van der Waals surface area contributed by atoms with Crippen molar-refractivity contribution in [2.24, 2.45) is 0 Å². The lowest BCUT2D eigenvalue weighted by molar-refractivity contribution is 0.582. The summed E-state index contributed by atoms with van der Waals surface area (Å²) in [6.07, 6.45) is 2.28. The third-order valence-electron chi connectivity index (χ3n) is 1.01. The molecule has 1 rings (SSSR count). The van der Waals surface area contributed by atoms with Crippen LogP contribution in [-0.4, -0.2) is 0 Å². The maximum Gasteiger partial charge on any atom is 0.147 e. The van der Waals surface area contributed by atoms with Gasteiger partial charge in [-0.2, -0.15) is 0 Å². The van der Waals surface area contributed by atoms with Crippen LogP contribution in [0.2, 0.25) is 0 Å². The van der Waals surface area contributed by atoms with Crippen LogP contribution in [0.1, 0.15) is 5.56 Å². The van der Waals surface area contributed by atoms with Crippen LogP contribution in [0.4, 0.5) is 0 Å². The normalized spacial score (nSPS) is 7.70. The van der Waals surface area contributed by atoms with Crippen molar-refractivity contribution in [3.8, 4) is 12.0 Å². The molecule has 0 aliphatic heterocycles. The highest BCUT2D eigenvalue weighted by atomic mass is 35.5. The van der Waals surface area contributed by atoms with Crippen molar-refractivity contribution in [2.45, 2.75) is 0 Å². The Labute approximate surface area is 64.7 Å². The van der Waals surface area contributed by atoms with Gasteiger partial charge in [0.1, 0.15) is 18.0 Å². The number of rotatable bonds is 0. The predicted molar refractivity (Wildman–Crippen MR) is 40.3 cm³/mol. The van der Waals surface area contributed by atoms with Crippen LogP contribution in [0.3, 0.4) is 0 Å². The van der Waals surface area contributed by atoms with Gasteiger partial charge in [-0.3, -0.25) is 0 Å². The zero-order valence-electron chi connectivity index (χ0n) is 5.17. The van der Waals surface area contributed by atoms with Crippen molar-refractivity contribution in [2.75, 3.05) is 0 Å². The molecule has 0 atom stereocenters. The smallest absolute Gasteiger partial charge is 0.147 e. The lowest BCUT2D eigenvalue weighted by Crippen LogP contribution is -1.69. The van der Waals surface area contributed by atoms with Crippen molar-refractivity contribution in [3.63, 3.8) is 0 Å². The van der Waals surface area contributed by atoms with Gasteiger partial charge in [0.2, 0.25) is 0 Å². The SMILES string of the molecule is ClOC#Cc1ccccc1. The zero-order chi connectivity index (χ0) is 7.23. The maximum absolute atomic E-state index is 4.88. The van der Waals surface area contributed by atoms with Crippen molar-refractivity contribution in [1.82, 2.24) is 0 Å². The van der Waals surface area contributed by atoms with Crippen LogP contribution in [-0.2, 0) is 4.29 Å². The molecule has 10 heavy (non-hydrogen) atoms. The summed E-state index contributed by atoms with van der Waals surface area (Å²) in [7, 11) is 0. The zero-order valence-corrected chi connectivity index (χ0v) is 5.93. The second-order valence-electron chi connectivity index (χ2n) is 1.67. The van der Waals surface area contributed by atoms with E-state index in [4.69, 9.17) is 11.9 Å². The topological polar surface area (TPSA) is 9.23 Å². The number of halogens is 1. The van der Waals surface area contributed by atoms with E-state index >= 15 is 0 Å². The summed E-state index contributed by atoms with van der Waals surface area (Å²) in [5.41, 5.74) is 0.892. The molecule has 0 heterocycles. The quantitative estimate of drug-likeness (QED) is 0.518. The van der Waals surface area contributed by atoms with Gasteiger partial charge in [-0.1, -0.05) is 18.2 Å². The van der Waals surface area contributed by atoms with E-state index in [9.17, 15) is 0 Å². The minimum absolute atomic E-state index is 0.892. The molecular formula is C8H5ClO. The van der Waals surface area contributed by atoms with Crippen molar-refractivity contribution >= 4 is 11.9 Å². The van der Waals surface area contributed by atoms with Crippen LogP contribution in [0.5, 0.6) is 0 Å². The summed E-state index contributed by atoms with van der Waals surface area (Å²) in [5.74, 6) is 2.69. The minimum atomic E-state index is 0.892. The monoisotopic (exact) mass is 152 g/mol. The lowest BCUT2D eigenvalue weighted by Gasteiger charge is -1.83. The summed E-state index contributed by atoms with van der Waals surface area (Å²) in [5, 5.41) is 0. The van der Waals surface area contributed by atoms with E-state index in [1.54, 1.807) is 0 Å². The molecule has 0 N–H and O–H groups in total. The van der Waals surface area contributed by atoms with Gasteiger partial charge >= 0.3 is 0 Å². The van der Waals surface area contributed by atoms with Crippen LogP contribution >= 0.6 is 11.9 Å². The van der Waals surface area contributed by atoms with E-state index < -0.39 is 0 Å². The molecule has 1 nitrogen and oxygen atoms in total. The van der Waals surface area contributed by atoms with Gasteiger partial charge in [0.25, 0.3) is 0 Å².